The summed E-state index contributed by atoms with van der Waals surface area (Å²) in [5, 5.41) is 15.7. The first-order chi connectivity index (χ1) is 11.7. The summed E-state index contributed by atoms with van der Waals surface area (Å²) in [6, 6.07) is 3.79. The summed E-state index contributed by atoms with van der Waals surface area (Å²) in [5.74, 6) is 1.12. The highest BCUT2D eigenvalue weighted by Crippen LogP contribution is 2.28. The van der Waals surface area contributed by atoms with Crippen LogP contribution in [0.1, 0.15) is 53.1 Å². The van der Waals surface area contributed by atoms with Crippen molar-refractivity contribution >= 4 is 22.8 Å². The standard InChI is InChI=1S/C9H9N5.C6H12.C3H5N.H2/c10-3-6(4-11)8-7-1-2-12-9(7)14-5-13-8;1-2-6-4-3-5-6;1-2-3-4;/h1-5,10H,11H2,(H,12,13,14);6H,2-5H2,1H3;2H2,1H3;1H/b6-4+,10-3?;;;. The molecule has 0 aromatic carbocycles. The number of aromatic amines is 1. The second kappa shape index (κ2) is 10.9. The van der Waals surface area contributed by atoms with Crippen molar-refractivity contribution in [1.29, 1.82) is 10.7 Å². The maximum absolute atomic E-state index is 7.62. The van der Waals surface area contributed by atoms with Gasteiger partial charge in [-0.05, 0) is 12.0 Å². The molecule has 6 heteroatoms. The van der Waals surface area contributed by atoms with Crippen molar-refractivity contribution in [3.8, 4) is 6.07 Å². The number of nitrogens with one attached hydrogen (secondary N) is 2. The highest BCUT2D eigenvalue weighted by Gasteiger charge is 2.13. The summed E-state index contributed by atoms with van der Waals surface area (Å²) < 4.78 is 0. The van der Waals surface area contributed by atoms with E-state index in [9.17, 15) is 0 Å². The second-order valence-corrected chi connectivity index (χ2v) is 5.45. The average Bonchev–Trinajstić information content (AvgIpc) is 3.05. The molecule has 1 fully saturated rings. The number of nitriles is 1. The minimum Gasteiger partial charge on any atom is -0.404 e. The van der Waals surface area contributed by atoms with Crippen LogP contribution in [0.5, 0.6) is 0 Å². The lowest BCUT2D eigenvalue weighted by Crippen LogP contribution is -2.08. The lowest BCUT2D eigenvalue weighted by Gasteiger charge is -2.22. The van der Waals surface area contributed by atoms with Crippen LogP contribution in [0.4, 0.5) is 0 Å². The van der Waals surface area contributed by atoms with Gasteiger partial charge < -0.3 is 16.1 Å². The van der Waals surface area contributed by atoms with E-state index >= 15 is 0 Å². The van der Waals surface area contributed by atoms with Gasteiger partial charge in [-0.15, -0.1) is 0 Å². The summed E-state index contributed by atoms with van der Waals surface area (Å²) >= 11 is 0. The molecule has 2 heterocycles. The minimum atomic E-state index is 0. The van der Waals surface area contributed by atoms with Gasteiger partial charge >= 0.3 is 0 Å². The Morgan fingerprint density at radius 3 is 2.62 bits per heavy atom. The van der Waals surface area contributed by atoms with Crippen LogP contribution in [0.3, 0.4) is 0 Å². The largest absolute Gasteiger partial charge is 0.404 e. The molecule has 3 rings (SSSR count). The van der Waals surface area contributed by atoms with Gasteiger partial charge in [0.2, 0.25) is 0 Å². The van der Waals surface area contributed by atoms with Gasteiger partial charge in [0.15, 0.2) is 0 Å². The number of nitrogens with two attached hydrogens (primary N) is 1. The number of hydrogen-bond acceptors (Lipinski definition) is 5. The molecule has 0 atom stereocenters. The topological polar surface area (TPSA) is 115 Å². The van der Waals surface area contributed by atoms with E-state index in [1.165, 1.54) is 44.4 Å². The molecule has 2 aromatic heterocycles. The number of allylic oxidation sites excluding steroid dienone is 1. The highest BCUT2D eigenvalue weighted by atomic mass is 14.9. The normalized spacial score (nSPS) is 13.6. The van der Waals surface area contributed by atoms with Crippen molar-refractivity contribution in [2.24, 2.45) is 11.7 Å². The smallest absolute Gasteiger partial charge is 0.141 e. The lowest BCUT2D eigenvalue weighted by molar-refractivity contribution is 0.307. The van der Waals surface area contributed by atoms with Gasteiger partial charge in [-0.1, -0.05) is 39.5 Å². The summed E-state index contributed by atoms with van der Waals surface area (Å²) in [6.07, 6.45) is 12.3. The van der Waals surface area contributed by atoms with Crippen molar-refractivity contribution in [3.63, 3.8) is 0 Å². The number of rotatable bonds is 3. The van der Waals surface area contributed by atoms with Crippen molar-refractivity contribution in [2.75, 3.05) is 0 Å². The Bertz CT molecular complexity index is 694. The number of hydrogen-bond donors (Lipinski definition) is 3. The van der Waals surface area contributed by atoms with Crippen LogP contribution in [0, 0.1) is 22.7 Å². The predicted octanol–water partition coefficient (Wildman–Crippen LogP) is 4.27. The highest BCUT2D eigenvalue weighted by molar-refractivity contribution is 6.11. The third-order valence-corrected chi connectivity index (χ3v) is 3.92. The van der Waals surface area contributed by atoms with Crippen LogP contribution in [0.25, 0.3) is 16.6 Å². The van der Waals surface area contributed by atoms with Crippen LogP contribution >= 0.6 is 0 Å². The minimum absolute atomic E-state index is 0. The maximum Gasteiger partial charge on any atom is 0.141 e. The van der Waals surface area contributed by atoms with Gasteiger partial charge in [-0.2, -0.15) is 5.26 Å². The van der Waals surface area contributed by atoms with E-state index < -0.39 is 0 Å². The molecule has 0 amide bonds. The van der Waals surface area contributed by atoms with Crippen molar-refractivity contribution in [3.05, 3.63) is 30.5 Å². The van der Waals surface area contributed by atoms with E-state index in [4.69, 9.17) is 16.4 Å². The second-order valence-electron chi connectivity index (χ2n) is 5.45. The zero-order chi connectivity index (χ0) is 17.8. The van der Waals surface area contributed by atoms with E-state index in [2.05, 4.69) is 21.9 Å². The molecule has 1 aliphatic carbocycles. The summed E-state index contributed by atoms with van der Waals surface area (Å²) in [4.78, 5) is 11.1. The Balaban J connectivity index is 0.000000437. The molecular formula is C18H28N6. The quantitative estimate of drug-likeness (QED) is 0.729. The van der Waals surface area contributed by atoms with Crippen molar-refractivity contribution in [2.45, 2.75) is 46.0 Å². The van der Waals surface area contributed by atoms with Crippen LogP contribution < -0.4 is 5.73 Å². The molecule has 0 aliphatic heterocycles. The SMILES string of the molecule is CCC#N.CCC1CCC1.N=C/C(=C\N)c1ncnc2[nH]ccc12.[HH]. The Kier molecular flexibility index (Phi) is 8.84. The molecule has 130 valence electrons. The number of nitrogens with zero attached hydrogens (tertiary/aromatic N) is 3. The van der Waals surface area contributed by atoms with Crippen LogP contribution in [-0.4, -0.2) is 21.2 Å². The molecule has 1 aliphatic rings. The fourth-order valence-corrected chi connectivity index (χ4v) is 2.20. The molecular weight excluding hydrogens is 300 g/mol. The molecule has 24 heavy (non-hydrogen) atoms. The first-order valence-electron chi connectivity index (χ1n) is 8.29. The van der Waals surface area contributed by atoms with E-state index in [0.29, 0.717) is 17.7 Å². The molecule has 0 bridgehead atoms. The van der Waals surface area contributed by atoms with E-state index in [-0.39, 0.29) is 1.43 Å². The first-order valence-corrected chi connectivity index (χ1v) is 8.29. The van der Waals surface area contributed by atoms with Crippen molar-refractivity contribution < 1.29 is 1.43 Å². The Labute approximate surface area is 144 Å². The van der Waals surface area contributed by atoms with Crippen LogP contribution in [-0.2, 0) is 0 Å². The number of H-pyrrole nitrogens is 1. The van der Waals surface area contributed by atoms with Gasteiger partial charge in [0, 0.05) is 37.4 Å². The molecule has 1 saturated carbocycles. The van der Waals surface area contributed by atoms with Gasteiger partial charge in [-0.25, -0.2) is 9.97 Å². The van der Waals surface area contributed by atoms with E-state index in [1.54, 1.807) is 6.20 Å². The first kappa shape index (κ1) is 19.4. The fourth-order valence-electron chi connectivity index (χ4n) is 2.20. The Morgan fingerprint density at radius 1 is 1.50 bits per heavy atom. The Hall–Kier alpha value is -2.68. The summed E-state index contributed by atoms with van der Waals surface area (Å²) in [5.41, 5.74) is 7.39. The third kappa shape index (κ3) is 5.51. The number of aromatic nitrogens is 3. The van der Waals surface area contributed by atoms with Crippen LogP contribution in [0.2, 0.25) is 0 Å². The van der Waals surface area contributed by atoms with Gasteiger partial charge in [0.1, 0.15) is 12.0 Å². The summed E-state index contributed by atoms with van der Waals surface area (Å²) in [7, 11) is 0. The zero-order valence-corrected chi connectivity index (χ0v) is 14.4. The maximum atomic E-state index is 7.62. The Morgan fingerprint density at radius 2 is 2.21 bits per heavy atom. The summed E-state index contributed by atoms with van der Waals surface area (Å²) in [6.45, 7) is 4.10. The van der Waals surface area contributed by atoms with Gasteiger partial charge in [0.25, 0.3) is 0 Å². The monoisotopic (exact) mass is 328 g/mol. The lowest BCUT2D eigenvalue weighted by atomic mass is 9.84. The molecule has 0 unspecified atom stereocenters. The van der Waals surface area contributed by atoms with E-state index in [1.807, 2.05) is 19.1 Å². The molecule has 2 aromatic rings. The van der Waals surface area contributed by atoms with E-state index in [0.717, 1.165) is 17.0 Å². The van der Waals surface area contributed by atoms with Crippen LogP contribution in [0.15, 0.2) is 24.8 Å². The third-order valence-electron chi connectivity index (χ3n) is 3.92. The van der Waals surface area contributed by atoms with Crippen molar-refractivity contribution in [1.82, 2.24) is 15.0 Å². The molecule has 4 N–H and O–H groups in total. The van der Waals surface area contributed by atoms with Gasteiger partial charge in [-0.3, -0.25) is 0 Å². The predicted molar refractivity (Wildman–Crippen MR) is 100 cm³/mol. The molecule has 0 radical (unpaired) electrons. The molecule has 6 nitrogen and oxygen atoms in total. The average molecular weight is 328 g/mol. The fraction of sp³-hybridized carbons (Fsp3) is 0.444. The zero-order valence-electron chi connectivity index (χ0n) is 14.4. The van der Waals surface area contributed by atoms with Gasteiger partial charge in [0.05, 0.1) is 11.8 Å². The molecule has 0 spiro atoms. The molecule has 0 saturated heterocycles. The number of fused-ring (bicyclic) bond motifs is 1.